The van der Waals surface area contributed by atoms with Crippen LogP contribution in [0, 0.1) is 17.0 Å². The normalized spacial score (nSPS) is 10.4. The van der Waals surface area contributed by atoms with Crippen molar-refractivity contribution in [3.05, 3.63) is 75.5 Å². The van der Waals surface area contributed by atoms with Crippen molar-refractivity contribution in [1.29, 1.82) is 0 Å². The first-order valence-electron chi connectivity index (χ1n) is 8.01. The summed E-state index contributed by atoms with van der Waals surface area (Å²) >= 11 is 0. The molecule has 8 nitrogen and oxygen atoms in total. The van der Waals surface area contributed by atoms with Crippen molar-refractivity contribution in [2.45, 2.75) is 13.5 Å². The first-order valence-corrected chi connectivity index (χ1v) is 8.01. The minimum Gasteiger partial charge on any atom is -0.496 e. The van der Waals surface area contributed by atoms with Crippen LogP contribution in [0.5, 0.6) is 5.75 Å². The number of aryl methyl sites for hydroxylation is 1. The fraction of sp³-hybridized carbons (Fsp3) is 0.158. The summed E-state index contributed by atoms with van der Waals surface area (Å²) < 4.78 is 15.7. The number of nitro groups is 1. The van der Waals surface area contributed by atoms with Crippen LogP contribution in [0.4, 0.5) is 5.69 Å². The lowest BCUT2D eigenvalue weighted by Crippen LogP contribution is -2.10. The molecule has 27 heavy (non-hydrogen) atoms. The summed E-state index contributed by atoms with van der Waals surface area (Å²) in [6.45, 7) is 1.41. The van der Waals surface area contributed by atoms with Crippen LogP contribution in [0.15, 0.2) is 53.1 Å². The van der Waals surface area contributed by atoms with Crippen molar-refractivity contribution in [1.82, 2.24) is 5.16 Å². The zero-order valence-corrected chi connectivity index (χ0v) is 14.7. The molecule has 0 unspecified atom stereocenters. The van der Waals surface area contributed by atoms with Crippen molar-refractivity contribution in [2.75, 3.05) is 7.11 Å². The van der Waals surface area contributed by atoms with Crippen LogP contribution >= 0.6 is 0 Å². The van der Waals surface area contributed by atoms with E-state index in [1.165, 1.54) is 12.1 Å². The van der Waals surface area contributed by atoms with Crippen LogP contribution in [0.1, 0.15) is 21.7 Å². The third-order valence-corrected chi connectivity index (χ3v) is 3.94. The van der Waals surface area contributed by atoms with Crippen molar-refractivity contribution >= 4 is 11.7 Å². The summed E-state index contributed by atoms with van der Waals surface area (Å²) in [6, 6.07) is 13.3. The Labute approximate surface area is 154 Å². The summed E-state index contributed by atoms with van der Waals surface area (Å²) in [5.74, 6) is 0.139. The molecule has 0 saturated heterocycles. The zero-order chi connectivity index (χ0) is 19.4. The Kier molecular flexibility index (Phi) is 5.16. The lowest BCUT2D eigenvalue weighted by molar-refractivity contribution is -0.385. The van der Waals surface area contributed by atoms with Crippen LogP contribution in [0.3, 0.4) is 0 Å². The van der Waals surface area contributed by atoms with Gasteiger partial charge in [-0.15, -0.1) is 0 Å². The van der Waals surface area contributed by atoms with E-state index in [1.54, 1.807) is 32.2 Å². The highest BCUT2D eigenvalue weighted by atomic mass is 16.6. The van der Waals surface area contributed by atoms with Gasteiger partial charge in [0.25, 0.3) is 5.69 Å². The number of rotatable bonds is 6. The van der Waals surface area contributed by atoms with E-state index in [9.17, 15) is 14.9 Å². The number of carbonyl (C=O) groups is 1. The summed E-state index contributed by atoms with van der Waals surface area (Å²) in [6.07, 6.45) is 0. The van der Waals surface area contributed by atoms with Crippen LogP contribution in [0.2, 0.25) is 0 Å². The van der Waals surface area contributed by atoms with Gasteiger partial charge in [-0.3, -0.25) is 10.1 Å². The van der Waals surface area contributed by atoms with Gasteiger partial charge >= 0.3 is 5.97 Å². The molecule has 0 aliphatic carbocycles. The van der Waals surface area contributed by atoms with Gasteiger partial charge in [0.1, 0.15) is 17.0 Å². The summed E-state index contributed by atoms with van der Waals surface area (Å²) in [5, 5.41) is 15.1. The van der Waals surface area contributed by atoms with Crippen LogP contribution in [0.25, 0.3) is 11.3 Å². The molecule has 0 spiro atoms. The second-order valence-electron chi connectivity index (χ2n) is 5.68. The second kappa shape index (κ2) is 7.69. The van der Waals surface area contributed by atoms with Crippen molar-refractivity contribution < 1.29 is 23.7 Å². The molecule has 0 aliphatic heterocycles. The number of ether oxygens (including phenoxy) is 2. The quantitative estimate of drug-likeness (QED) is 0.369. The average molecular weight is 368 g/mol. The Bertz CT molecular complexity index is 995. The summed E-state index contributed by atoms with van der Waals surface area (Å²) in [5.41, 5.74) is 1.34. The van der Waals surface area contributed by atoms with Gasteiger partial charge in [-0.1, -0.05) is 29.4 Å². The van der Waals surface area contributed by atoms with Gasteiger partial charge in [0.05, 0.1) is 12.0 Å². The Morgan fingerprint density at radius 2 is 2.00 bits per heavy atom. The highest BCUT2D eigenvalue weighted by Crippen LogP contribution is 2.29. The molecular formula is C19H16N2O6. The maximum atomic E-state index is 12.3. The molecule has 0 bridgehead atoms. The van der Waals surface area contributed by atoms with Gasteiger partial charge in [0.2, 0.25) is 0 Å². The number of carbonyl (C=O) groups excluding carboxylic acids is 1. The number of nitro benzene ring substituents is 1. The summed E-state index contributed by atoms with van der Waals surface area (Å²) in [7, 11) is 1.55. The zero-order valence-electron chi connectivity index (χ0n) is 14.7. The number of esters is 1. The monoisotopic (exact) mass is 368 g/mol. The van der Waals surface area contributed by atoms with Gasteiger partial charge in [0.15, 0.2) is 12.4 Å². The Morgan fingerprint density at radius 1 is 1.22 bits per heavy atom. The Morgan fingerprint density at radius 3 is 2.74 bits per heavy atom. The van der Waals surface area contributed by atoms with E-state index in [4.69, 9.17) is 14.0 Å². The van der Waals surface area contributed by atoms with Crippen LogP contribution in [-0.2, 0) is 11.3 Å². The predicted molar refractivity (Wildman–Crippen MR) is 95.4 cm³/mol. The van der Waals surface area contributed by atoms with E-state index in [-0.39, 0.29) is 17.9 Å². The Balaban J connectivity index is 1.76. The van der Waals surface area contributed by atoms with E-state index in [1.807, 2.05) is 18.2 Å². The molecule has 0 radical (unpaired) electrons. The van der Waals surface area contributed by atoms with E-state index < -0.39 is 10.9 Å². The lowest BCUT2D eigenvalue weighted by atomic mass is 10.1. The smallest absolute Gasteiger partial charge is 0.345 e. The molecule has 0 saturated carbocycles. The third-order valence-electron chi connectivity index (χ3n) is 3.94. The predicted octanol–water partition coefficient (Wildman–Crippen LogP) is 3.92. The van der Waals surface area contributed by atoms with Crippen molar-refractivity contribution in [3.63, 3.8) is 0 Å². The average Bonchev–Trinajstić information content (AvgIpc) is 3.14. The van der Waals surface area contributed by atoms with Crippen molar-refractivity contribution in [2.24, 2.45) is 0 Å². The number of benzene rings is 2. The minimum absolute atomic E-state index is 0.0769. The number of methoxy groups -OCH3 is 1. The molecule has 3 rings (SSSR count). The minimum atomic E-state index is -0.796. The fourth-order valence-corrected chi connectivity index (χ4v) is 2.64. The molecular weight excluding hydrogens is 352 g/mol. The molecule has 2 aromatic carbocycles. The van der Waals surface area contributed by atoms with Crippen molar-refractivity contribution in [3.8, 4) is 17.0 Å². The van der Waals surface area contributed by atoms with E-state index >= 15 is 0 Å². The number of hydrogen-bond acceptors (Lipinski definition) is 7. The van der Waals surface area contributed by atoms with Gasteiger partial charge < -0.3 is 14.0 Å². The lowest BCUT2D eigenvalue weighted by Gasteiger charge is -2.06. The molecule has 3 aromatic rings. The molecule has 1 aromatic heterocycles. The SMILES string of the molecule is COc1ccccc1-c1cc(COC(=O)c2c(C)cccc2[N+](=O)[O-])on1. The molecule has 0 atom stereocenters. The topological polar surface area (TPSA) is 105 Å². The first kappa shape index (κ1) is 18.1. The first-order chi connectivity index (χ1) is 13.0. The second-order valence-corrected chi connectivity index (χ2v) is 5.68. The third kappa shape index (κ3) is 3.79. The standard InChI is InChI=1S/C19H16N2O6/c1-12-6-5-8-16(21(23)24)18(12)19(22)26-11-13-10-15(20-27-13)14-7-3-4-9-17(14)25-2/h3-10H,11H2,1-2H3. The number of aromatic nitrogens is 1. The van der Waals surface area contributed by atoms with E-state index in [0.717, 1.165) is 5.56 Å². The number of nitrogens with zero attached hydrogens (tertiary/aromatic N) is 2. The maximum Gasteiger partial charge on any atom is 0.345 e. The molecule has 1 heterocycles. The number of para-hydroxylation sites is 1. The maximum absolute atomic E-state index is 12.3. The largest absolute Gasteiger partial charge is 0.496 e. The highest BCUT2D eigenvalue weighted by Gasteiger charge is 2.24. The molecule has 0 fully saturated rings. The molecule has 138 valence electrons. The molecule has 0 aliphatic rings. The molecule has 8 heteroatoms. The van der Waals surface area contributed by atoms with Crippen LogP contribution < -0.4 is 4.74 Å². The fourth-order valence-electron chi connectivity index (χ4n) is 2.64. The molecule has 0 N–H and O–H groups in total. The van der Waals surface area contributed by atoms with Crippen LogP contribution in [-0.4, -0.2) is 23.2 Å². The highest BCUT2D eigenvalue weighted by molar-refractivity contribution is 5.95. The Hall–Kier alpha value is -3.68. The molecule has 0 amide bonds. The van der Waals surface area contributed by atoms with Gasteiger partial charge in [-0.05, 0) is 24.6 Å². The van der Waals surface area contributed by atoms with E-state index in [0.29, 0.717) is 22.8 Å². The number of hydrogen-bond donors (Lipinski definition) is 0. The van der Waals surface area contributed by atoms with Gasteiger partial charge in [-0.2, -0.15) is 0 Å². The van der Waals surface area contributed by atoms with Gasteiger partial charge in [-0.25, -0.2) is 4.79 Å². The van der Waals surface area contributed by atoms with E-state index in [2.05, 4.69) is 5.16 Å². The van der Waals surface area contributed by atoms with Gasteiger partial charge in [0, 0.05) is 17.7 Å². The summed E-state index contributed by atoms with van der Waals surface area (Å²) in [4.78, 5) is 22.9.